The molecule has 3 unspecified atom stereocenters. The number of carbonyl (C=O) groups excluding carboxylic acids is 4. The average molecular weight is 561 g/mol. The van der Waals surface area contributed by atoms with E-state index in [1.165, 1.54) is 4.90 Å². The Hall–Kier alpha value is -1.58. The van der Waals surface area contributed by atoms with Gasteiger partial charge in [-0.2, -0.15) is 0 Å². The number of hydrogen-bond acceptors (Lipinski definition) is 7. The summed E-state index contributed by atoms with van der Waals surface area (Å²) in [6.45, 7) is 3.93. The van der Waals surface area contributed by atoms with Crippen LogP contribution < -0.4 is 0 Å². The van der Waals surface area contributed by atoms with Crippen LogP contribution in [-0.4, -0.2) is 67.2 Å². The van der Waals surface area contributed by atoms with Crippen LogP contribution in [0.15, 0.2) is 22.0 Å². The Morgan fingerprint density at radius 3 is 2.11 bits per heavy atom. The number of rotatable bonds is 12. The van der Waals surface area contributed by atoms with Crippen LogP contribution in [0.5, 0.6) is 0 Å². The number of aliphatic hydroxyl groups excluding tert-OH is 1. The molecular weight excluding hydrogens is 520 g/mol. The highest BCUT2D eigenvalue weighted by atomic mass is 32.2. The number of thioether (sulfide) groups is 2. The summed E-state index contributed by atoms with van der Waals surface area (Å²) < 4.78 is 0. The summed E-state index contributed by atoms with van der Waals surface area (Å²) in [6.07, 6.45) is 12.8. The van der Waals surface area contributed by atoms with Gasteiger partial charge in [-0.05, 0) is 76.7 Å². The summed E-state index contributed by atoms with van der Waals surface area (Å²) in [5.74, 6) is 1.18. The van der Waals surface area contributed by atoms with Crippen LogP contribution in [0.4, 0.5) is 0 Å². The van der Waals surface area contributed by atoms with Crippen LogP contribution in [0.2, 0.25) is 0 Å². The number of aliphatic hydroxyl groups is 1. The molecule has 3 fully saturated rings. The Labute approximate surface area is 234 Å². The first-order valence-corrected chi connectivity index (χ1v) is 16.2. The maximum Gasteiger partial charge on any atom is 0.254 e. The lowest BCUT2D eigenvalue weighted by Gasteiger charge is -2.40. The molecule has 4 heterocycles. The molecule has 5 aliphatic rings. The minimum absolute atomic E-state index is 0.00417. The Balaban J connectivity index is 1.01. The normalized spacial score (nSPS) is 27.3. The molecule has 0 aromatic rings. The van der Waals surface area contributed by atoms with E-state index in [1.54, 1.807) is 40.6 Å². The van der Waals surface area contributed by atoms with Gasteiger partial charge in [0.1, 0.15) is 0 Å². The lowest BCUT2D eigenvalue weighted by atomic mass is 9.89. The van der Waals surface area contributed by atoms with Gasteiger partial charge >= 0.3 is 0 Å². The second-order valence-electron chi connectivity index (χ2n) is 12.2. The van der Waals surface area contributed by atoms with Crippen molar-refractivity contribution in [1.29, 1.82) is 0 Å². The van der Waals surface area contributed by atoms with E-state index >= 15 is 0 Å². The van der Waals surface area contributed by atoms with Crippen LogP contribution >= 0.6 is 23.5 Å². The van der Waals surface area contributed by atoms with E-state index in [9.17, 15) is 24.3 Å². The van der Waals surface area contributed by atoms with Crippen molar-refractivity contribution < 1.29 is 24.3 Å². The molecule has 2 saturated heterocycles. The first kappa shape index (κ1) is 28.0. The zero-order valence-corrected chi connectivity index (χ0v) is 24.2. The maximum absolute atomic E-state index is 13.0. The van der Waals surface area contributed by atoms with Gasteiger partial charge in [-0.15, -0.1) is 23.5 Å². The lowest BCUT2D eigenvalue weighted by Crippen LogP contribution is -2.54. The summed E-state index contributed by atoms with van der Waals surface area (Å²) in [5.41, 5.74) is -0.833. The minimum atomic E-state index is -0.538. The van der Waals surface area contributed by atoms with Crippen LogP contribution in [0.3, 0.4) is 0 Å². The molecule has 3 atom stereocenters. The van der Waals surface area contributed by atoms with Gasteiger partial charge in [-0.25, -0.2) is 0 Å². The molecule has 1 N–H and O–H groups in total. The van der Waals surface area contributed by atoms with Gasteiger partial charge in [-0.3, -0.25) is 29.0 Å². The summed E-state index contributed by atoms with van der Waals surface area (Å²) in [7, 11) is 0. The Bertz CT molecular complexity index is 993. The molecule has 0 spiro atoms. The fraction of sp³-hybridized carbons (Fsp3) is 0.724. The Morgan fingerprint density at radius 2 is 1.47 bits per heavy atom. The van der Waals surface area contributed by atoms with Crippen LogP contribution in [0.1, 0.15) is 90.9 Å². The van der Waals surface area contributed by atoms with E-state index in [1.807, 2.05) is 13.8 Å². The topological polar surface area (TPSA) is 95.0 Å². The molecule has 0 radical (unpaired) electrons. The molecule has 4 amide bonds. The quantitative estimate of drug-likeness (QED) is 0.271. The van der Waals surface area contributed by atoms with Gasteiger partial charge in [0.25, 0.3) is 11.8 Å². The van der Waals surface area contributed by atoms with E-state index in [-0.39, 0.29) is 47.1 Å². The molecule has 5 rings (SSSR count). The molecular formula is C29H40N2O5S2. The largest absolute Gasteiger partial charge is 0.393 e. The smallest absolute Gasteiger partial charge is 0.254 e. The predicted octanol–water partition coefficient (Wildman–Crippen LogP) is 4.79. The third-order valence-corrected chi connectivity index (χ3v) is 11.3. The molecule has 0 aromatic heterocycles. The zero-order chi connectivity index (χ0) is 27.1. The van der Waals surface area contributed by atoms with Crippen molar-refractivity contribution in [1.82, 2.24) is 9.80 Å². The Kier molecular flexibility index (Phi) is 8.19. The molecule has 4 aliphatic heterocycles. The van der Waals surface area contributed by atoms with E-state index in [0.717, 1.165) is 85.5 Å². The Morgan fingerprint density at radius 1 is 0.895 bits per heavy atom. The van der Waals surface area contributed by atoms with E-state index < -0.39 is 5.54 Å². The van der Waals surface area contributed by atoms with E-state index in [2.05, 4.69) is 0 Å². The van der Waals surface area contributed by atoms with Crippen molar-refractivity contribution >= 4 is 47.2 Å². The summed E-state index contributed by atoms with van der Waals surface area (Å²) >= 11 is 3.27. The summed E-state index contributed by atoms with van der Waals surface area (Å²) in [6, 6.07) is 0. The van der Waals surface area contributed by atoms with Gasteiger partial charge < -0.3 is 5.11 Å². The van der Waals surface area contributed by atoms with Gasteiger partial charge in [-0.1, -0.05) is 25.7 Å². The fourth-order valence-corrected chi connectivity index (χ4v) is 8.96. The van der Waals surface area contributed by atoms with E-state index in [0.29, 0.717) is 12.8 Å². The average Bonchev–Trinajstić information content (AvgIpc) is 3.23. The highest BCUT2D eigenvalue weighted by molar-refractivity contribution is 8.03. The van der Waals surface area contributed by atoms with Crippen molar-refractivity contribution in [3.8, 4) is 0 Å². The van der Waals surface area contributed by atoms with Gasteiger partial charge in [0.15, 0.2) is 0 Å². The lowest BCUT2D eigenvalue weighted by molar-refractivity contribution is -0.152. The standard InChI is InChI=1S/C29H40N2O5S2/c1-28(2,30-24(33)17-22-20(26(30)35)9-15-37-22)11-5-3-7-19(32)8-4-6-12-29(13-14-29)31-25(34)18-23-21(27(31)36)10-16-38-23/h17-21,32H,3-16H2,1-2H3. The van der Waals surface area contributed by atoms with E-state index in [4.69, 9.17) is 0 Å². The summed E-state index contributed by atoms with van der Waals surface area (Å²) in [4.78, 5) is 56.3. The number of hydrogen-bond donors (Lipinski definition) is 1. The van der Waals surface area contributed by atoms with Crippen molar-refractivity contribution in [3.05, 3.63) is 22.0 Å². The third kappa shape index (κ3) is 5.52. The highest BCUT2D eigenvalue weighted by Crippen LogP contribution is 2.50. The predicted molar refractivity (Wildman–Crippen MR) is 150 cm³/mol. The second-order valence-corrected chi connectivity index (χ2v) is 14.5. The third-order valence-electron chi connectivity index (χ3n) is 8.96. The first-order chi connectivity index (χ1) is 18.1. The van der Waals surface area contributed by atoms with Gasteiger partial charge in [0.2, 0.25) is 11.8 Å². The zero-order valence-electron chi connectivity index (χ0n) is 22.6. The maximum atomic E-state index is 13.0. The van der Waals surface area contributed by atoms with Gasteiger partial charge in [0.05, 0.1) is 23.5 Å². The van der Waals surface area contributed by atoms with Crippen LogP contribution in [0.25, 0.3) is 0 Å². The highest BCUT2D eigenvalue weighted by Gasteiger charge is 2.55. The summed E-state index contributed by atoms with van der Waals surface area (Å²) in [5, 5.41) is 10.5. The van der Waals surface area contributed by atoms with Crippen LogP contribution in [-0.2, 0) is 19.2 Å². The van der Waals surface area contributed by atoms with Crippen molar-refractivity contribution in [2.24, 2.45) is 11.8 Å². The van der Waals surface area contributed by atoms with Crippen molar-refractivity contribution in [3.63, 3.8) is 0 Å². The van der Waals surface area contributed by atoms with Crippen molar-refractivity contribution in [2.45, 2.75) is 108 Å². The monoisotopic (exact) mass is 560 g/mol. The number of nitrogens with zero attached hydrogens (tertiary/aromatic N) is 2. The van der Waals surface area contributed by atoms with Crippen LogP contribution in [0, 0.1) is 11.8 Å². The number of imide groups is 2. The number of fused-ring (bicyclic) bond motifs is 2. The minimum Gasteiger partial charge on any atom is -0.393 e. The van der Waals surface area contributed by atoms with Crippen molar-refractivity contribution in [2.75, 3.05) is 11.5 Å². The molecule has 0 bridgehead atoms. The molecule has 208 valence electrons. The fourth-order valence-electron chi connectivity index (χ4n) is 6.57. The second kappa shape index (κ2) is 11.1. The molecule has 0 aromatic carbocycles. The molecule has 1 saturated carbocycles. The van der Waals surface area contributed by atoms with Gasteiger partial charge in [0, 0.05) is 27.5 Å². The molecule has 1 aliphatic carbocycles. The molecule has 9 heteroatoms. The molecule has 38 heavy (non-hydrogen) atoms. The number of carbonyl (C=O) groups is 4. The number of unbranched alkanes of at least 4 members (excludes halogenated alkanes) is 2. The molecule has 7 nitrogen and oxygen atoms in total. The SMILES string of the molecule is CC(C)(CCCCC(O)CCCCC1(N2C(=O)C=C3SCCC3C2=O)CC1)N1C(=O)C=C2SCCC2C1=O. The first-order valence-electron chi connectivity index (χ1n) is 14.3. The number of amides is 4.